The molecule has 1 aromatic heterocycles. The molecule has 0 unspecified atom stereocenters. The van der Waals surface area contributed by atoms with Gasteiger partial charge in [-0.25, -0.2) is 17.7 Å². The first-order valence-electron chi connectivity index (χ1n) is 5.39. The lowest BCUT2D eigenvalue weighted by Gasteiger charge is -2.29. The largest absolute Gasteiger partial charge is 0.250 e. The average molecular weight is 260 g/mol. The summed E-state index contributed by atoms with van der Waals surface area (Å²) in [5.41, 5.74) is 0. The lowest BCUT2D eigenvalue weighted by Crippen LogP contribution is -2.38. The molecule has 0 bridgehead atoms. The third-order valence-electron chi connectivity index (χ3n) is 2.99. The van der Waals surface area contributed by atoms with Crippen LogP contribution in [0.15, 0.2) is 11.6 Å². The Kier molecular flexibility index (Phi) is 3.61. The molecule has 6 heteroatoms. The van der Waals surface area contributed by atoms with Crippen LogP contribution in [0.3, 0.4) is 0 Å². The van der Waals surface area contributed by atoms with Gasteiger partial charge in [-0.1, -0.05) is 0 Å². The van der Waals surface area contributed by atoms with Crippen molar-refractivity contribution in [2.24, 2.45) is 5.92 Å². The van der Waals surface area contributed by atoms with E-state index in [2.05, 4.69) is 4.98 Å². The zero-order chi connectivity index (χ0) is 11.6. The second-order valence-corrected chi connectivity index (χ2v) is 7.20. The van der Waals surface area contributed by atoms with Crippen molar-refractivity contribution < 1.29 is 8.42 Å². The third-order valence-corrected chi connectivity index (χ3v) is 5.09. The van der Waals surface area contributed by atoms with E-state index in [-0.39, 0.29) is 0 Å². The maximum absolute atomic E-state index is 11.3. The number of rotatable bonds is 3. The summed E-state index contributed by atoms with van der Waals surface area (Å²) in [7, 11) is -2.99. The quantitative estimate of drug-likeness (QED) is 0.824. The van der Waals surface area contributed by atoms with Crippen molar-refractivity contribution in [2.45, 2.75) is 19.3 Å². The molecule has 0 saturated carbocycles. The Labute approximate surface area is 100 Å². The molecular formula is C10H16N2O2S2. The van der Waals surface area contributed by atoms with Crippen LogP contribution in [0.5, 0.6) is 0 Å². The molecule has 1 fully saturated rings. The predicted octanol–water partition coefficient (Wildman–Crippen LogP) is 1.36. The maximum atomic E-state index is 11.3. The van der Waals surface area contributed by atoms with Crippen molar-refractivity contribution >= 4 is 21.4 Å². The minimum absolute atomic E-state index is 0.587. The monoisotopic (exact) mass is 260 g/mol. The van der Waals surface area contributed by atoms with E-state index < -0.39 is 10.0 Å². The second-order valence-electron chi connectivity index (χ2n) is 4.24. The molecule has 0 aromatic carbocycles. The van der Waals surface area contributed by atoms with Crippen LogP contribution in [0, 0.1) is 5.92 Å². The standard InChI is InChI=1S/C10H16N2O2S2/c1-16(13,14)12-5-2-9(3-6-12)8-10-11-4-7-15-10/h4,7,9H,2-3,5-6,8H2,1H3. The number of aromatic nitrogens is 1. The summed E-state index contributed by atoms with van der Waals surface area (Å²) in [6.45, 7) is 1.32. The second kappa shape index (κ2) is 4.81. The van der Waals surface area contributed by atoms with Gasteiger partial charge in [0.2, 0.25) is 10.0 Å². The van der Waals surface area contributed by atoms with Gasteiger partial charge in [-0.3, -0.25) is 0 Å². The highest BCUT2D eigenvalue weighted by molar-refractivity contribution is 7.88. The van der Waals surface area contributed by atoms with Crippen molar-refractivity contribution in [3.05, 3.63) is 16.6 Å². The van der Waals surface area contributed by atoms with E-state index >= 15 is 0 Å². The van der Waals surface area contributed by atoms with E-state index in [1.165, 1.54) is 6.26 Å². The van der Waals surface area contributed by atoms with Crippen LogP contribution in [-0.2, 0) is 16.4 Å². The number of hydrogen-bond donors (Lipinski definition) is 0. The average Bonchev–Trinajstić information content (AvgIpc) is 2.70. The van der Waals surface area contributed by atoms with Gasteiger partial charge in [-0.2, -0.15) is 0 Å². The Morgan fingerprint density at radius 1 is 1.50 bits per heavy atom. The van der Waals surface area contributed by atoms with Crippen LogP contribution in [0.2, 0.25) is 0 Å². The van der Waals surface area contributed by atoms with Crippen molar-refractivity contribution in [3.8, 4) is 0 Å². The van der Waals surface area contributed by atoms with Crippen LogP contribution in [0.4, 0.5) is 0 Å². The first-order chi connectivity index (χ1) is 7.55. The molecule has 90 valence electrons. The number of sulfonamides is 1. The molecule has 1 aliphatic rings. The summed E-state index contributed by atoms with van der Waals surface area (Å²) in [5, 5.41) is 3.15. The number of piperidine rings is 1. The molecule has 0 radical (unpaired) electrons. The molecule has 16 heavy (non-hydrogen) atoms. The SMILES string of the molecule is CS(=O)(=O)N1CCC(Cc2nccs2)CC1. The van der Waals surface area contributed by atoms with Crippen LogP contribution in [-0.4, -0.2) is 37.1 Å². The Morgan fingerprint density at radius 2 is 2.19 bits per heavy atom. The smallest absolute Gasteiger partial charge is 0.211 e. The summed E-state index contributed by atoms with van der Waals surface area (Å²) in [5.74, 6) is 0.587. The Bertz CT molecular complexity index is 420. The minimum atomic E-state index is -2.99. The predicted molar refractivity (Wildman–Crippen MR) is 65.0 cm³/mol. The molecule has 1 aromatic rings. The van der Waals surface area contributed by atoms with Gasteiger partial charge in [0.05, 0.1) is 11.3 Å². The highest BCUT2D eigenvalue weighted by Crippen LogP contribution is 2.23. The van der Waals surface area contributed by atoms with Crippen molar-refractivity contribution in [1.29, 1.82) is 0 Å². The Hall–Kier alpha value is -0.460. The van der Waals surface area contributed by atoms with Crippen molar-refractivity contribution in [1.82, 2.24) is 9.29 Å². The fraction of sp³-hybridized carbons (Fsp3) is 0.700. The van der Waals surface area contributed by atoms with Gasteiger partial charge >= 0.3 is 0 Å². The zero-order valence-electron chi connectivity index (χ0n) is 9.30. The maximum Gasteiger partial charge on any atom is 0.211 e. The summed E-state index contributed by atoms with van der Waals surface area (Å²) < 4.78 is 24.2. The van der Waals surface area contributed by atoms with Gasteiger partial charge < -0.3 is 0 Å². The molecule has 0 aliphatic carbocycles. The van der Waals surface area contributed by atoms with E-state index in [1.807, 2.05) is 11.6 Å². The molecule has 1 saturated heterocycles. The Morgan fingerprint density at radius 3 is 2.69 bits per heavy atom. The van der Waals surface area contributed by atoms with E-state index in [4.69, 9.17) is 0 Å². The zero-order valence-corrected chi connectivity index (χ0v) is 10.9. The first-order valence-corrected chi connectivity index (χ1v) is 8.12. The van der Waals surface area contributed by atoms with Gasteiger partial charge in [0.15, 0.2) is 0 Å². The van der Waals surface area contributed by atoms with Crippen molar-refractivity contribution in [3.63, 3.8) is 0 Å². The fourth-order valence-corrected chi connectivity index (χ4v) is 3.65. The minimum Gasteiger partial charge on any atom is -0.250 e. The summed E-state index contributed by atoms with van der Waals surface area (Å²) in [4.78, 5) is 4.26. The van der Waals surface area contributed by atoms with Crippen LogP contribution < -0.4 is 0 Å². The first kappa shape index (κ1) is 12.0. The summed E-state index contributed by atoms with van der Waals surface area (Å²) in [6, 6.07) is 0. The van der Waals surface area contributed by atoms with E-state index in [1.54, 1.807) is 15.6 Å². The summed E-state index contributed by atoms with van der Waals surface area (Å²) in [6.07, 6.45) is 6.01. The van der Waals surface area contributed by atoms with Crippen LogP contribution in [0.25, 0.3) is 0 Å². The Balaban J connectivity index is 1.86. The topological polar surface area (TPSA) is 50.3 Å². The molecule has 0 N–H and O–H groups in total. The van der Waals surface area contributed by atoms with Crippen molar-refractivity contribution in [2.75, 3.05) is 19.3 Å². The third kappa shape index (κ3) is 3.02. The molecule has 4 nitrogen and oxygen atoms in total. The van der Waals surface area contributed by atoms with Gasteiger partial charge in [-0.15, -0.1) is 11.3 Å². The number of hydrogen-bond acceptors (Lipinski definition) is 4. The van der Waals surface area contributed by atoms with Gasteiger partial charge in [0.25, 0.3) is 0 Å². The van der Waals surface area contributed by atoms with E-state index in [0.29, 0.717) is 19.0 Å². The van der Waals surface area contributed by atoms with Gasteiger partial charge in [0.1, 0.15) is 0 Å². The fourth-order valence-electron chi connectivity index (χ4n) is 2.05. The number of nitrogens with zero attached hydrogens (tertiary/aromatic N) is 2. The number of thiazole rings is 1. The molecule has 0 amide bonds. The molecule has 2 heterocycles. The molecule has 2 rings (SSSR count). The van der Waals surface area contributed by atoms with E-state index in [9.17, 15) is 8.42 Å². The molecule has 0 atom stereocenters. The van der Waals surface area contributed by atoms with Gasteiger partial charge in [0, 0.05) is 31.1 Å². The lowest BCUT2D eigenvalue weighted by molar-refractivity contribution is 0.274. The molecular weight excluding hydrogens is 244 g/mol. The van der Waals surface area contributed by atoms with Crippen LogP contribution >= 0.6 is 11.3 Å². The normalized spacial score (nSPS) is 20.1. The lowest BCUT2D eigenvalue weighted by atomic mass is 9.95. The van der Waals surface area contributed by atoms with E-state index in [0.717, 1.165) is 24.3 Å². The highest BCUT2D eigenvalue weighted by atomic mass is 32.2. The summed E-state index contributed by atoms with van der Waals surface area (Å²) >= 11 is 1.68. The highest BCUT2D eigenvalue weighted by Gasteiger charge is 2.25. The van der Waals surface area contributed by atoms with Crippen LogP contribution in [0.1, 0.15) is 17.8 Å². The molecule has 1 aliphatic heterocycles. The molecule has 0 spiro atoms. The van der Waals surface area contributed by atoms with Gasteiger partial charge in [-0.05, 0) is 18.8 Å².